The molecule has 0 unspecified atom stereocenters. The van der Waals surface area contributed by atoms with Crippen LogP contribution in [0, 0.1) is 0 Å². The number of benzene rings is 2. The average Bonchev–Trinajstić information content (AvgIpc) is 2.41. The highest BCUT2D eigenvalue weighted by Crippen LogP contribution is 2.29. The molecule has 17 heavy (non-hydrogen) atoms. The van der Waals surface area contributed by atoms with Crippen molar-refractivity contribution in [1.82, 2.24) is 0 Å². The Balaban J connectivity index is 2.43. The molecule has 2 rings (SSSR count). The quantitative estimate of drug-likeness (QED) is 0.723. The largest absolute Gasteiger partial charge is 0.315 e. The fraction of sp³-hybridized carbons (Fsp3) is 0.125. The van der Waals surface area contributed by atoms with Crippen molar-refractivity contribution >= 4 is 11.4 Å². The molecule has 0 atom stereocenters. The normalized spacial score (nSPS) is 9.94. The molecule has 0 fully saturated rings. The lowest BCUT2D eigenvalue weighted by Crippen LogP contribution is -2.14. The molecule has 0 N–H and O–H groups in total. The highest BCUT2D eigenvalue weighted by molar-refractivity contribution is 5.67. The van der Waals surface area contributed by atoms with Crippen LogP contribution in [0.3, 0.4) is 0 Å². The van der Waals surface area contributed by atoms with E-state index >= 15 is 0 Å². The molecular weight excluding hydrogens is 206 g/mol. The van der Waals surface area contributed by atoms with E-state index in [9.17, 15) is 0 Å². The third kappa shape index (κ3) is 2.56. The minimum Gasteiger partial charge on any atom is -0.315 e. The van der Waals surface area contributed by atoms with Gasteiger partial charge < -0.3 is 4.90 Å². The van der Waals surface area contributed by atoms with E-state index < -0.39 is 0 Å². The van der Waals surface area contributed by atoms with Crippen LogP contribution in [0.5, 0.6) is 0 Å². The van der Waals surface area contributed by atoms with E-state index in [1.807, 2.05) is 36.4 Å². The van der Waals surface area contributed by atoms with Gasteiger partial charge in [-0.2, -0.15) is 0 Å². The Morgan fingerprint density at radius 1 is 0.882 bits per heavy atom. The second-order valence-corrected chi connectivity index (χ2v) is 3.93. The standard InChI is InChI=1S/C16H17N/c1-3-14(2)17(15-10-6-4-7-11-15)16-12-8-5-9-13-16/h4-13H,2-3H2,1H3. The monoisotopic (exact) mass is 223 g/mol. The van der Waals surface area contributed by atoms with E-state index in [2.05, 4.69) is 42.7 Å². The maximum absolute atomic E-state index is 4.15. The van der Waals surface area contributed by atoms with Gasteiger partial charge in [0.25, 0.3) is 0 Å². The van der Waals surface area contributed by atoms with E-state index in [0.29, 0.717) is 0 Å². The lowest BCUT2D eigenvalue weighted by atomic mass is 10.2. The highest BCUT2D eigenvalue weighted by atomic mass is 15.1. The predicted molar refractivity (Wildman–Crippen MR) is 74.5 cm³/mol. The minimum absolute atomic E-state index is 0.934. The first-order valence-corrected chi connectivity index (χ1v) is 5.91. The molecule has 2 aromatic carbocycles. The van der Waals surface area contributed by atoms with Crippen molar-refractivity contribution in [3.8, 4) is 0 Å². The maximum atomic E-state index is 4.15. The molecular formula is C16H17N. The molecule has 0 radical (unpaired) electrons. The molecule has 2 aromatic rings. The number of allylic oxidation sites excluding steroid dienone is 1. The number of para-hydroxylation sites is 2. The molecule has 0 aliphatic carbocycles. The maximum Gasteiger partial charge on any atom is 0.0458 e. The summed E-state index contributed by atoms with van der Waals surface area (Å²) in [6, 6.07) is 20.7. The summed E-state index contributed by atoms with van der Waals surface area (Å²) < 4.78 is 0. The number of nitrogens with zero attached hydrogens (tertiary/aromatic N) is 1. The first kappa shape index (κ1) is 11.5. The van der Waals surface area contributed by atoms with Gasteiger partial charge in [-0.15, -0.1) is 0 Å². The van der Waals surface area contributed by atoms with Crippen LogP contribution in [-0.2, 0) is 0 Å². The van der Waals surface area contributed by atoms with Crippen LogP contribution in [0.2, 0.25) is 0 Å². The zero-order chi connectivity index (χ0) is 12.1. The summed E-state index contributed by atoms with van der Waals surface area (Å²) in [5, 5.41) is 0. The van der Waals surface area contributed by atoms with Gasteiger partial charge in [0.05, 0.1) is 0 Å². The number of hydrogen-bond acceptors (Lipinski definition) is 1. The van der Waals surface area contributed by atoms with Gasteiger partial charge >= 0.3 is 0 Å². The zero-order valence-corrected chi connectivity index (χ0v) is 10.1. The zero-order valence-electron chi connectivity index (χ0n) is 10.1. The van der Waals surface area contributed by atoms with Gasteiger partial charge in [-0.25, -0.2) is 0 Å². The minimum atomic E-state index is 0.934. The first-order valence-electron chi connectivity index (χ1n) is 5.91. The van der Waals surface area contributed by atoms with Gasteiger partial charge in [0, 0.05) is 17.1 Å². The molecule has 86 valence electrons. The van der Waals surface area contributed by atoms with Gasteiger partial charge in [0.15, 0.2) is 0 Å². The van der Waals surface area contributed by atoms with Gasteiger partial charge in [0.1, 0.15) is 0 Å². The van der Waals surface area contributed by atoms with Crippen molar-refractivity contribution in [3.63, 3.8) is 0 Å². The van der Waals surface area contributed by atoms with Crippen molar-refractivity contribution in [3.05, 3.63) is 72.9 Å². The Morgan fingerprint density at radius 2 is 1.29 bits per heavy atom. The molecule has 0 heterocycles. The van der Waals surface area contributed by atoms with E-state index in [4.69, 9.17) is 0 Å². The van der Waals surface area contributed by atoms with Gasteiger partial charge in [-0.05, 0) is 30.7 Å². The number of anilines is 2. The Hall–Kier alpha value is -2.02. The van der Waals surface area contributed by atoms with Gasteiger partial charge in [-0.1, -0.05) is 49.9 Å². The van der Waals surface area contributed by atoms with Gasteiger partial charge in [0.2, 0.25) is 0 Å². The Labute approximate surface area is 103 Å². The number of rotatable bonds is 4. The summed E-state index contributed by atoms with van der Waals surface area (Å²) >= 11 is 0. The summed E-state index contributed by atoms with van der Waals surface area (Å²) in [6.07, 6.45) is 0.934. The summed E-state index contributed by atoms with van der Waals surface area (Å²) in [6.45, 7) is 6.28. The van der Waals surface area contributed by atoms with Crippen LogP contribution in [0.15, 0.2) is 72.9 Å². The summed E-state index contributed by atoms with van der Waals surface area (Å²) in [7, 11) is 0. The van der Waals surface area contributed by atoms with Crippen LogP contribution >= 0.6 is 0 Å². The average molecular weight is 223 g/mol. The smallest absolute Gasteiger partial charge is 0.0458 e. The van der Waals surface area contributed by atoms with Crippen LogP contribution in [0.1, 0.15) is 13.3 Å². The first-order chi connectivity index (χ1) is 8.33. The summed E-state index contributed by atoms with van der Waals surface area (Å²) in [4.78, 5) is 2.19. The number of hydrogen-bond donors (Lipinski definition) is 0. The molecule has 0 aromatic heterocycles. The van der Waals surface area contributed by atoms with Crippen molar-refractivity contribution in [2.45, 2.75) is 13.3 Å². The summed E-state index contributed by atoms with van der Waals surface area (Å²) in [5.74, 6) is 0. The molecule has 1 nitrogen and oxygen atoms in total. The molecule has 0 bridgehead atoms. The SMILES string of the molecule is C=C(CC)N(c1ccccc1)c1ccccc1. The fourth-order valence-electron chi connectivity index (χ4n) is 1.83. The second kappa shape index (κ2) is 5.35. The third-order valence-corrected chi connectivity index (χ3v) is 2.75. The van der Waals surface area contributed by atoms with Crippen LogP contribution in [0.25, 0.3) is 0 Å². The Bertz CT molecular complexity index is 434. The Kier molecular flexibility index (Phi) is 3.61. The molecule has 0 aliphatic heterocycles. The van der Waals surface area contributed by atoms with E-state index in [1.165, 1.54) is 0 Å². The van der Waals surface area contributed by atoms with Gasteiger partial charge in [-0.3, -0.25) is 0 Å². The van der Waals surface area contributed by atoms with Crippen molar-refractivity contribution < 1.29 is 0 Å². The van der Waals surface area contributed by atoms with E-state index in [-0.39, 0.29) is 0 Å². The van der Waals surface area contributed by atoms with Crippen LogP contribution in [-0.4, -0.2) is 0 Å². The highest BCUT2D eigenvalue weighted by Gasteiger charge is 2.10. The molecule has 0 saturated heterocycles. The van der Waals surface area contributed by atoms with Crippen molar-refractivity contribution in [1.29, 1.82) is 0 Å². The third-order valence-electron chi connectivity index (χ3n) is 2.75. The fourth-order valence-corrected chi connectivity index (χ4v) is 1.83. The molecule has 1 heteroatoms. The topological polar surface area (TPSA) is 3.24 Å². The molecule has 0 spiro atoms. The van der Waals surface area contributed by atoms with Crippen molar-refractivity contribution in [2.75, 3.05) is 4.90 Å². The molecule has 0 aliphatic rings. The van der Waals surface area contributed by atoms with E-state index in [1.54, 1.807) is 0 Å². The summed E-state index contributed by atoms with van der Waals surface area (Å²) in [5.41, 5.74) is 3.42. The second-order valence-electron chi connectivity index (χ2n) is 3.93. The molecule has 0 amide bonds. The lowest BCUT2D eigenvalue weighted by molar-refractivity contribution is 1.02. The molecule has 0 saturated carbocycles. The van der Waals surface area contributed by atoms with E-state index in [0.717, 1.165) is 23.5 Å². The predicted octanol–water partition coefficient (Wildman–Crippen LogP) is 4.75. The van der Waals surface area contributed by atoms with Crippen LogP contribution in [0.4, 0.5) is 11.4 Å². The van der Waals surface area contributed by atoms with Crippen molar-refractivity contribution in [2.24, 2.45) is 0 Å². The Morgan fingerprint density at radius 3 is 1.65 bits per heavy atom. The van der Waals surface area contributed by atoms with Crippen LogP contribution < -0.4 is 4.90 Å². The lowest BCUT2D eigenvalue weighted by Gasteiger charge is -2.26.